The highest BCUT2D eigenvalue weighted by atomic mass is 35.5. The van der Waals surface area contributed by atoms with Gasteiger partial charge in [-0.1, -0.05) is 24.9 Å². The largest absolute Gasteiger partial charge is 0.329 e. The van der Waals surface area contributed by atoms with Crippen LogP contribution in [0.25, 0.3) is 0 Å². The molecule has 0 aromatic heterocycles. The molecule has 0 spiro atoms. The number of unbranched alkanes of at least 4 members (excludes halogenated alkanes) is 1. The highest BCUT2D eigenvalue weighted by molar-refractivity contribution is 6.30. The summed E-state index contributed by atoms with van der Waals surface area (Å²) < 4.78 is 13.6. The van der Waals surface area contributed by atoms with E-state index in [4.69, 9.17) is 17.3 Å². The van der Waals surface area contributed by atoms with Gasteiger partial charge in [-0.3, -0.25) is 4.90 Å². The Hall–Kier alpha value is -0.640. The minimum Gasteiger partial charge on any atom is -0.329 e. The first-order chi connectivity index (χ1) is 8.17. The maximum absolute atomic E-state index is 13.6. The van der Waals surface area contributed by atoms with Crippen molar-refractivity contribution in [2.24, 2.45) is 5.73 Å². The number of hydrogen-bond acceptors (Lipinski definition) is 2. The van der Waals surface area contributed by atoms with E-state index in [1.807, 2.05) is 0 Å². The lowest BCUT2D eigenvalue weighted by molar-refractivity contribution is 0.265. The molecule has 96 valence electrons. The summed E-state index contributed by atoms with van der Waals surface area (Å²) in [7, 11) is 0. The number of rotatable bonds is 7. The van der Waals surface area contributed by atoms with Gasteiger partial charge >= 0.3 is 0 Å². The van der Waals surface area contributed by atoms with Crippen molar-refractivity contribution in [3.8, 4) is 0 Å². The third-order valence-corrected chi connectivity index (χ3v) is 2.91. The monoisotopic (exact) mass is 258 g/mol. The quantitative estimate of drug-likeness (QED) is 0.815. The molecule has 0 saturated heterocycles. The van der Waals surface area contributed by atoms with Crippen LogP contribution in [0, 0.1) is 5.82 Å². The van der Waals surface area contributed by atoms with Crippen molar-refractivity contribution in [3.63, 3.8) is 0 Å². The van der Waals surface area contributed by atoms with Crippen LogP contribution in [-0.4, -0.2) is 24.5 Å². The molecular weight excluding hydrogens is 239 g/mol. The summed E-state index contributed by atoms with van der Waals surface area (Å²) in [6, 6.07) is 4.67. The van der Waals surface area contributed by atoms with Gasteiger partial charge in [-0.15, -0.1) is 0 Å². The number of hydrogen-bond donors (Lipinski definition) is 1. The standard InChI is InChI=1S/C13H20ClFN2/c1-2-3-7-17(8-6-16)10-11-9-12(14)4-5-13(11)15/h4-5,9H,2-3,6-8,10,16H2,1H3. The molecule has 0 fully saturated rings. The second kappa shape index (κ2) is 7.64. The zero-order valence-corrected chi connectivity index (χ0v) is 11.0. The van der Waals surface area contributed by atoms with Crippen LogP contribution in [0.15, 0.2) is 18.2 Å². The minimum atomic E-state index is -0.201. The summed E-state index contributed by atoms with van der Waals surface area (Å²) in [5.74, 6) is -0.201. The van der Waals surface area contributed by atoms with Crippen molar-refractivity contribution in [1.82, 2.24) is 4.90 Å². The maximum atomic E-state index is 13.6. The van der Waals surface area contributed by atoms with Crippen molar-refractivity contribution in [2.45, 2.75) is 26.3 Å². The van der Waals surface area contributed by atoms with Crippen LogP contribution in [0.3, 0.4) is 0 Å². The zero-order chi connectivity index (χ0) is 12.7. The summed E-state index contributed by atoms with van der Waals surface area (Å²) in [5, 5.41) is 0.574. The second-order valence-electron chi connectivity index (χ2n) is 4.15. The molecule has 0 bridgehead atoms. The Balaban J connectivity index is 2.67. The third kappa shape index (κ3) is 5.02. The van der Waals surface area contributed by atoms with Crippen LogP contribution in [0.5, 0.6) is 0 Å². The van der Waals surface area contributed by atoms with Crippen LogP contribution in [0.1, 0.15) is 25.3 Å². The number of halogens is 2. The summed E-state index contributed by atoms with van der Waals surface area (Å²) in [6.07, 6.45) is 2.22. The molecule has 0 saturated carbocycles. The lowest BCUT2D eigenvalue weighted by atomic mass is 10.2. The van der Waals surface area contributed by atoms with E-state index in [0.717, 1.165) is 25.9 Å². The second-order valence-corrected chi connectivity index (χ2v) is 4.59. The Labute approximate surface area is 108 Å². The van der Waals surface area contributed by atoms with Gasteiger partial charge in [-0.2, -0.15) is 0 Å². The first kappa shape index (κ1) is 14.4. The van der Waals surface area contributed by atoms with Crippen LogP contribution in [0.2, 0.25) is 5.02 Å². The molecule has 2 N–H and O–H groups in total. The molecule has 0 heterocycles. The van der Waals surface area contributed by atoms with E-state index in [2.05, 4.69) is 11.8 Å². The number of nitrogens with two attached hydrogens (primary N) is 1. The Morgan fingerprint density at radius 1 is 1.35 bits per heavy atom. The molecule has 0 radical (unpaired) electrons. The lowest BCUT2D eigenvalue weighted by Gasteiger charge is -2.21. The first-order valence-electron chi connectivity index (χ1n) is 6.03. The molecule has 4 heteroatoms. The van der Waals surface area contributed by atoms with Gasteiger partial charge in [0.1, 0.15) is 5.82 Å². The number of benzene rings is 1. The van der Waals surface area contributed by atoms with Crippen LogP contribution in [0.4, 0.5) is 4.39 Å². The summed E-state index contributed by atoms with van der Waals surface area (Å²) in [5.41, 5.74) is 6.20. The van der Waals surface area contributed by atoms with Gasteiger partial charge in [0.15, 0.2) is 0 Å². The molecule has 0 amide bonds. The summed E-state index contributed by atoms with van der Waals surface area (Å²) >= 11 is 5.87. The third-order valence-electron chi connectivity index (χ3n) is 2.67. The highest BCUT2D eigenvalue weighted by Gasteiger charge is 2.09. The van der Waals surface area contributed by atoms with E-state index in [1.165, 1.54) is 6.07 Å². The molecule has 1 rings (SSSR count). The Kier molecular flexibility index (Phi) is 6.48. The molecule has 1 aromatic rings. The fourth-order valence-corrected chi connectivity index (χ4v) is 1.93. The Morgan fingerprint density at radius 2 is 2.12 bits per heavy atom. The van der Waals surface area contributed by atoms with E-state index in [1.54, 1.807) is 12.1 Å². The fraction of sp³-hybridized carbons (Fsp3) is 0.538. The van der Waals surface area contributed by atoms with Crippen molar-refractivity contribution in [1.29, 1.82) is 0 Å². The van der Waals surface area contributed by atoms with E-state index >= 15 is 0 Å². The van der Waals surface area contributed by atoms with E-state index in [0.29, 0.717) is 23.7 Å². The summed E-state index contributed by atoms with van der Waals surface area (Å²) in [6.45, 7) is 5.03. The van der Waals surface area contributed by atoms with E-state index in [9.17, 15) is 4.39 Å². The van der Waals surface area contributed by atoms with Gasteiger partial charge < -0.3 is 5.73 Å². The highest BCUT2D eigenvalue weighted by Crippen LogP contribution is 2.16. The van der Waals surface area contributed by atoms with Crippen LogP contribution >= 0.6 is 11.6 Å². The normalized spacial score (nSPS) is 11.1. The van der Waals surface area contributed by atoms with Gasteiger partial charge in [-0.25, -0.2) is 4.39 Å². The maximum Gasteiger partial charge on any atom is 0.127 e. The first-order valence-corrected chi connectivity index (χ1v) is 6.41. The molecule has 0 aliphatic carbocycles. The molecule has 17 heavy (non-hydrogen) atoms. The Morgan fingerprint density at radius 3 is 2.76 bits per heavy atom. The summed E-state index contributed by atoms with van der Waals surface area (Å²) in [4.78, 5) is 2.16. The van der Waals surface area contributed by atoms with Gasteiger partial charge in [0, 0.05) is 30.2 Å². The van der Waals surface area contributed by atoms with Gasteiger partial charge in [0.25, 0.3) is 0 Å². The molecule has 0 unspecified atom stereocenters. The zero-order valence-electron chi connectivity index (χ0n) is 10.3. The van der Waals surface area contributed by atoms with E-state index < -0.39 is 0 Å². The predicted molar refractivity (Wildman–Crippen MR) is 70.6 cm³/mol. The van der Waals surface area contributed by atoms with Crippen molar-refractivity contribution < 1.29 is 4.39 Å². The number of nitrogens with zero attached hydrogens (tertiary/aromatic N) is 1. The van der Waals surface area contributed by atoms with Gasteiger partial charge in [-0.05, 0) is 31.2 Å². The van der Waals surface area contributed by atoms with Gasteiger partial charge in [0.05, 0.1) is 0 Å². The van der Waals surface area contributed by atoms with Crippen molar-refractivity contribution in [2.75, 3.05) is 19.6 Å². The average Bonchev–Trinajstić information content (AvgIpc) is 2.31. The van der Waals surface area contributed by atoms with Crippen LogP contribution in [-0.2, 0) is 6.54 Å². The Bertz CT molecular complexity index is 344. The molecule has 2 nitrogen and oxygen atoms in total. The van der Waals surface area contributed by atoms with Crippen molar-refractivity contribution in [3.05, 3.63) is 34.6 Å². The minimum absolute atomic E-state index is 0.201. The molecule has 0 aliphatic rings. The lowest BCUT2D eigenvalue weighted by Crippen LogP contribution is -2.30. The SMILES string of the molecule is CCCCN(CCN)Cc1cc(Cl)ccc1F. The average molecular weight is 259 g/mol. The fourth-order valence-electron chi connectivity index (χ4n) is 1.74. The molecular formula is C13H20ClFN2. The topological polar surface area (TPSA) is 29.3 Å². The predicted octanol–water partition coefficient (Wildman–Crippen LogP) is 3.04. The molecule has 0 atom stereocenters. The molecule has 1 aromatic carbocycles. The smallest absolute Gasteiger partial charge is 0.127 e. The van der Waals surface area contributed by atoms with Gasteiger partial charge in [0.2, 0.25) is 0 Å². The molecule has 0 aliphatic heterocycles. The van der Waals surface area contributed by atoms with Crippen molar-refractivity contribution >= 4 is 11.6 Å². The van der Waals surface area contributed by atoms with Crippen LogP contribution < -0.4 is 5.73 Å². The van der Waals surface area contributed by atoms with E-state index in [-0.39, 0.29) is 5.82 Å².